The molecule has 0 aromatic heterocycles. The van der Waals surface area contributed by atoms with Crippen molar-refractivity contribution in [3.8, 4) is 11.5 Å². The Kier molecular flexibility index (Phi) is 5.49. The van der Waals surface area contributed by atoms with E-state index in [1.165, 1.54) is 0 Å². The van der Waals surface area contributed by atoms with Crippen LogP contribution < -0.4 is 15.2 Å². The van der Waals surface area contributed by atoms with Crippen LogP contribution in [0.15, 0.2) is 48.5 Å². The monoisotopic (exact) mass is 385 g/mol. The summed E-state index contributed by atoms with van der Waals surface area (Å²) in [5.41, 5.74) is 6.26. The second-order valence-electron chi connectivity index (χ2n) is 4.28. The minimum absolute atomic E-state index is 0.174. The molecule has 1 unspecified atom stereocenters. The van der Waals surface area contributed by atoms with E-state index < -0.39 is 6.10 Å². The summed E-state index contributed by atoms with van der Waals surface area (Å²) in [7, 11) is 0. The molecule has 0 aliphatic heterocycles. The lowest BCUT2D eigenvalue weighted by Gasteiger charge is -2.14. The second kappa shape index (κ2) is 7.35. The highest BCUT2D eigenvalue weighted by Crippen LogP contribution is 2.19. The molecule has 0 amide bonds. The normalized spacial score (nSPS) is 11.9. The molecule has 2 aromatic carbocycles. The van der Waals surface area contributed by atoms with E-state index in [9.17, 15) is 5.11 Å². The van der Waals surface area contributed by atoms with Crippen LogP contribution in [0.25, 0.3) is 0 Å². The number of aliphatic hydroxyl groups excluding tert-OH is 1. The quantitative estimate of drug-likeness (QED) is 0.593. The Balaban J connectivity index is 1.77. The van der Waals surface area contributed by atoms with Crippen molar-refractivity contribution >= 4 is 28.3 Å². The maximum absolute atomic E-state index is 9.84. The summed E-state index contributed by atoms with van der Waals surface area (Å²) in [5, 5.41) is 9.84. The molecular weight excluding hydrogens is 369 g/mol. The number of ether oxygens (including phenoxy) is 2. The first kappa shape index (κ1) is 14.9. The zero-order chi connectivity index (χ0) is 14.4. The molecular formula is C15H16INO3. The Labute approximate surface area is 131 Å². The van der Waals surface area contributed by atoms with Crippen molar-refractivity contribution in [2.45, 2.75) is 6.10 Å². The summed E-state index contributed by atoms with van der Waals surface area (Å²) in [6.07, 6.45) is -0.691. The van der Waals surface area contributed by atoms with Gasteiger partial charge in [-0.2, -0.15) is 0 Å². The van der Waals surface area contributed by atoms with Crippen LogP contribution in [0.1, 0.15) is 0 Å². The van der Waals surface area contributed by atoms with Gasteiger partial charge in [0.2, 0.25) is 0 Å². The summed E-state index contributed by atoms with van der Waals surface area (Å²) in [5.74, 6) is 1.44. The van der Waals surface area contributed by atoms with E-state index in [4.69, 9.17) is 15.2 Å². The van der Waals surface area contributed by atoms with Crippen molar-refractivity contribution in [1.29, 1.82) is 0 Å². The van der Waals surface area contributed by atoms with Crippen molar-refractivity contribution in [3.05, 3.63) is 52.1 Å². The molecule has 0 saturated carbocycles. The minimum atomic E-state index is -0.691. The molecule has 106 valence electrons. The molecule has 0 aliphatic carbocycles. The Morgan fingerprint density at radius 3 is 2.35 bits per heavy atom. The molecule has 2 aromatic rings. The van der Waals surface area contributed by atoms with Crippen LogP contribution in [0.3, 0.4) is 0 Å². The van der Waals surface area contributed by atoms with Crippen molar-refractivity contribution in [1.82, 2.24) is 0 Å². The maximum Gasteiger partial charge on any atom is 0.132 e. The molecule has 4 nitrogen and oxygen atoms in total. The van der Waals surface area contributed by atoms with E-state index in [0.717, 1.165) is 9.32 Å². The lowest BCUT2D eigenvalue weighted by atomic mass is 10.3. The Morgan fingerprint density at radius 2 is 1.65 bits per heavy atom. The topological polar surface area (TPSA) is 64.7 Å². The van der Waals surface area contributed by atoms with Crippen molar-refractivity contribution < 1.29 is 14.6 Å². The fourth-order valence-corrected chi connectivity index (χ4v) is 2.10. The first-order chi connectivity index (χ1) is 9.65. The van der Waals surface area contributed by atoms with Crippen LogP contribution in [0.4, 0.5) is 5.69 Å². The van der Waals surface area contributed by atoms with Gasteiger partial charge >= 0.3 is 0 Å². The highest BCUT2D eigenvalue weighted by molar-refractivity contribution is 14.1. The molecule has 20 heavy (non-hydrogen) atoms. The number of hydrogen-bond acceptors (Lipinski definition) is 4. The number of aliphatic hydroxyl groups is 1. The number of halogens is 1. The molecule has 1 atom stereocenters. The van der Waals surface area contributed by atoms with Crippen LogP contribution in [0.5, 0.6) is 11.5 Å². The van der Waals surface area contributed by atoms with Crippen LogP contribution in [-0.4, -0.2) is 24.4 Å². The van der Waals surface area contributed by atoms with Gasteiger partial charge in [-0.25, -0.2) is 0 Å². The van der Waals surface area contributed by atoms with E-state index >= 15 is 0 Å². The van der Waals surface area contributed by atoms with Gasteiger partial charge in [0.25, 0.3) is 0 Å². The Morgan fingerprint density at radius 1 is 1.00 bits per heavy atom. The fourth-order valence-electron chi connectivity index (χ4n) is 1.55. The smallest absolute Gasteiger partial charge is 0.132 e. The SMILES string of the molecule is Nc1ccc(OCC(O)COc2ccccc2I)cc1. The molecule has 0 saturated heterocycles. The molecule has 0 bridgehead atoms. The maximum atomic E-state index is 9.84. The molecule has 0 radical (unpaired) electrons. The zero-order valence-corrected chi connectivity index (χ0v) is 13.0. The average Bonchev–Trinajstić information content (AvgIpc) is 2.46. The molecule has 2 rings (SSSR count). The van der Waals surface area contributed by atoms with E-state index in [1.807, 2.05) is 24.3 Å². The Hall–Kier alpha value is -1.47. The largest absolute Gasteiger partial charge is 0.491 e. The highest BCUT2D eigenvalue weighted by atomic mass is 127. The van der Waals surface area contributed by atoms with Gasteiger partial charge in [-0.1, -0.05) is 12.1 Å². The van der Waals surface area contributed by atoms with Crippen LogP contribution >= 0.6 is 22.6 Å². The minimum Gasteiger partial charge on any atom is -0.491 e. The Bertz CT molecular complexity index is 545. The molecule has 0 heterocycles. The lowest BCUT2D eigenvalue weighted by molar-refractivity contribution is 0.0623. The summed E-state index contributed by atoms with van der Waals surface area (Å²) in [6, 6.07) is 14.7. The summed E-state index contributed by atoms with van der Waals surface area (Å²) < 4.78 is 12.0. The van der Waals surface area contributed by atoms with Gasteiger partial charge in [0.05, 0.1) is 3.57 Å². The fraction of sp³-hybridized carbons (Fsp3) is 0.200. The highest BCUT2D eigenvalue weighted by Gasteiger charge is 2.08. The predicted molar refractivity (Wildman–Crippen MR) is 87.0 cm³/mol. The van der Waals surface area contributed by atoms with Crippen molar-refractivity contribution in [2.24, 2.45) is 0 Å². The number of benzene rings is 2. The third-order valence-corrected chi connectivity index (χ3v) is 3.48. The van der Waals surface area contributed by atoms with Gasteiger partial charge < -0.3 is 20.3 Å². The lowest BCUT2D eigenvalue weighted by Crippen LogP contribution is -2.25. The van der Waals surface area contributed by atoms with Crippen LogP contribution in [0, 0.1) is 3.57 Å². The number of nitrogens with two attached hydrogens (primary N) is 1. The standard InChI is InChI=1S/C15H16INO3/c16-14-3-1-2-4-15(14)20-10-12(18)9-19-13-7-5-11(17)6-8-13/h1-8,12,18H,9-10,17H2. The number of para-hydroxylation sites is 1. The van der Waals surface area contributed by atoms with E-state index in [0.29, 0.717) is 11.4 Å². The third kappa shape index (κ3) is 4.57. The van der Waals surface area contributed by atoms with Gasteiger partial charge in [-0.05, 0) is 59.0 Å². The van der Waals surface area contributed by atoms with Crippen LogP contribution in [-0.2, 0) is 0 Å². The molecule has 5 heteroatoms. The molecule has 0 fully saturated rings. The summed E-state index contributed by atoms with van der Waals surface area (Å²) in [6.45, 7) is 0.363. The van der Waals surface area contributed by atoms with E-state index in [2.05, 4.69) is 22.6 Å². The van der Waals surface area contributed by atoms with Gasteiger partial charge in [-0.15, -0.1) is 0 Å². The van der Waals surface area contributed by atoms with Gasteiger partial charge in [0, 0.05) is 5.69 Å². The molecule has 0 spiro atoms. The number of hydrogen-bond donors (Lipinski definition) is 2. The van der Waals surface area contributed by atoms with Gasteiger partial charge in [0.1, 0.15) is 30.8 Å². The molecule has 3 N–H and O–H groups in total. The number of anilines is 1. The molecule has 0 aliphatic rings. The van der Waals surface area contributed by atoms with E-state index in [-0.39, 0.29) is 13.2 Å². The van der Waals surface area contributed by atoms with Crippen LogP contribution in [0.2, 0.25) is 0 Å². The summed E-state index contributed by atoms with van der Waals surface area (Å²) in [4.78, 5) is 0. The number of nitrogen functional groups attached to an aromatic ring is 1. The second-order valence-corrected chi connectivity index (χ2v) is 5.44. The van der Waals surface area contributed by atoms with Crippen molar-refractivity contribution in [3.63, 3.8) is 0 Å². The zero-order valence-electron chi connectivity index (χ0n) is 10.8. The third-order valence-electron chi connectivity index (χ3n) is 2.59. The number of rotatable bonds is 6. The first-order valence-corrected chi connectivity index (χ1v) is 7.27. The van der Waals surface area contributed by atoms with E-state index in [1.54, 1.807) is 24.3 Å². The average molecular weight is 385 g/mol. The first-order valence-electron chi connectivity index (χ1n) is 6.19. The van der Waals surface area contributed by atoms with Crippen molar-refractivity contribution in [2.75, 3.05) is 18.9 Å². The predicted octanol–water partition coefficient (Wildman–Crippen LogP) is 2.69. The summed E-state index contributed by atoms with van der Waals surface area (Å²) >= 11 is 2.19. The van der Waals surface area contributed by atoms with Gasteiger partial charge in [-0.3, -0.25) is 0 Å². The van der Waals surface area contributed by atoms with Gasteiger partial charge in [0.15, 0.2) is 0 Å².